The predicted molar refractivity (Wildman–Crippen MR) is 84.7 cm³/mol. The minimum Gasteiger partial charge on any atom is -0.480 e. The Bertz CT molecular complexity index is 522. The number of nitrogens with two attached hydrogens (primary N) is 1. The van der Waals surface area contributed by atoms with Gasteiger partial charge in [-0.2, -0.15) is 0 Å². The Balaban J connectivity index is 1.95. The van der Waals surface area contributed by atoms with Gasteiger partial charge >= 0.3 is 0 Å². The van der Waals surface area contributed by atoms with Crippen LogP contribution >= 0.6 is 0 Å². The molecule has 0 saturated heterocycles. The summed E-state index contributed by atoms with van der Waals surface area (Å²) in [7, 11) is 0. The van der Waals surface area contributed by atoms with Gasteiger partial charge in [-0.25, -0.2) is 0 Å². The highest BCUT2D eigenvalue weighted by Gasteiger charge is 2.21. The van der Waals surface area contributed by atoms with E-state index in [1.165, 1.54) is 12.8 Å². The van der Waals surface area contributed by atoms with Crippen LogP contribution in [-0.4, -0.2) is 24.0 Å². The Hall–Kier alpha value is -2.04. The van der Waals surface area contributed by atoms with E-state index in [4.69, 9.17) is 10.5 Å². The molecule has 1 saturated carbocycles. The zero-order chi connectivity index (χ0) is 15.9. The third-order valence-electron chi connectivity index (χ3n) is 4.03. The van der Waals surface area contributed by atoms with E-state index in [-0.39, 0.29) is 17.5 Å². The molecular weight excluding hydrogens is 280 g/mol. The summed E-state index contributed by atoms with van der Waals surface area (Å²) in [6.45, 7) is 1.68. The number of rotatable bonds is 5. The number of benzene rings is 1. The van der Waals surface area contributed by atoms with Crippen molar-refractivity contribution in [2.75, 3.05) is 0 Å². The molecule has 1 aliphatic carbocycles. The van der Waals surface area contributed by atoms with Crippen molar-refractivity contribution < 1.29 is 14.3 Å². The number of amides is 2. The smallest absolute Gasteiger partial charge is 0.260 e. The Morgan fingerprint density at radius 2 is 1.82 bits per heavy atom. The molecule has 0 aromatic heterocycles. The van der Waals surface area contributed by atoms with Crippen LogP contribution in [0.1, 0.15) is 55.8 Å². The normalized spacial score (nSPS) is 17.3. The summed E-state index contributed by atoms with van der Waals surface area (Å²) in [5, 5.41) is 3.05. The molecule has 1 aromatic carbocycles. The van der Waals surface area contributed by atoms with Gasteiger partial charge in [-0.3, -0.25) is 9.59 Å². The summed E-state index contributed by atoms with van der Waals surface area (Å²) in [6, 6.07) is 6.93. The van der Waals surface area contributed by atoms with Crippen LogP contribution in [0.4, 0.5) is 0 Å². The van der Waals surface area contributed by atoms with Gasteiger partial charge in [0.15, 0.2) is 6.10 Å². The summed E-state index contributed by atoms with van der Waals surface area (Å²) in [5.74, 6) is -0.364. The van der Waals surface area contributed by atoms with Gasteiger partial charge in [0.1, 0.15) is 5.75 Å². The highest BCUT2D eigenvalue weighted by molar-refractivity contribution is 5.95. The lowest BCUT2D eigenvalue weighted by molar-refractivity contribution is -0.128. The first-order chi connectivity index (χ1) is 10.6. The maximum Gasteiger partial charge on any atom is 0.260 e. The second-order valence-electron chi connectivity index (χ2n) is 5.82. The Morgan fingerprint density at radius 3 is 2.45 bits per heavy atom. The zero-order valence-corrected chi connectivity index (χ0v) is 13.0. The van der Waals surface area contributed by atoms with Crippen molar-refractivity contribution in [1.82, 2.24) is 5.32 Å². The SMILES string of the molecule is C[C@H](Oc1ccccc1C(N)=O)C(=O)NC1CCCCCC1. The maximum atomic E-state index is 12.3. The fraction of sp³-hybridized carbons (Fsp3) is 0.529. The van der Waals surface area contributed by atoms with Crippen molar-refractivity contribution in [3.8, 4) is 5.75 Å². The summed E-state index contributed by atoms with van der Waals surface area (Å²) < 4.78 is 5.63. The molecule has 1 atom stereocenters. The number of carbonyl (C=O) groups is 2. The van der Waals surface area contributed by atoms with Crippen molar-refractivity contribution in [2.45, 2.75) is 57.6 Å². The Labute approximate surface area is 131 Å². The van der Waals surface area contributed by atoms with Gasteiger partial charge in [0.25, 0.3) is 11.8 Å². The second kappa shape index (κ2) is 7.82. The first-order valence-corrected chi connectivity index (χ1v) is 7.94. The molecule has 1 aliphatic rings. The van der Waals surface area contributed by atoms with E-state index in [0.29, 0.717) is 5.75 Å². The zero-order valence-electron chi connectivity index (χ0n) is 13.0. The first-order valence-electron chi connectivity index (χ1n) is 7.94. The minimum atomic E-state index is -0.663. The predicted octanol–water partition coefficient (Wildman–Crippen LogP) is 2.39. The molecule has 0 bridgehead atoms. The van der Waals surface area contributed by atoms with Crippen molar-refractivity contribution >= 4 is 11.8 Å². The number of hydrogen-bond donors (Lipinski definition) is 2. The average Bonchev–Trinajstić information content (AvgIpc) is 2.76. The Kier molecular flexibility index (Phi) is 5.81. The van der Waals surface area contributed by atoms with E-state index in [1.807, 2.05) is 0 Å². The van der Waals surface area contributed by atoms with Crippen LogP contribution in [0.5, 0.6) is 5.75 Å². The van der Waals surface area contributed by atoms with Crippen molar-refractivity contribution in [2.24, 2.45) is 5.73 Å². The second-order valence-corrected chi connectivity index (χ2v) is 5.82. The third kappa shape index (κ3) is 4.48. The van der Waals surface area contributed by atoms with Crippen LogP contribution in [0.15, 0.2) is 24.3 Å². The van der Waals surface area contributed by atoms with Crippen molar-refractivity contribution in [1.29, 1.82) is 0 Å². The van der Waals surface area contributed by atoms with E-state index >= 15 is 0 Å². The molecule has 22 heavy (non-hydrogen) atoms. The third-order valence-corrected chi connectivity index (χ3v) is 4.03. The van der Waals surface area contributed by atoms with Crippen molar-refractivity contribution in [3.63, 3.8) is 0 Å². The number of ether oxygens (including phenoxy) is 1. The fourth-order valence-electron chi connectivity index (χ4n) is 2.76. The highest BCUT2D eigenvalue weighted by Crippen LogP contribution is 2.20. The first kappa shape index (κ1) is 16.3. The van der Waals surface area contributed by atoms with E-state index in [0.717, 1.165) is 25.7 Å². The summed E-state index contributed by atoms with van der Waals surface area (Å²) >= 11 is 0. The number of nitrogens with one attached hydrogen (secondary N) is 1. The van der Waals surface area contributed by atoms with Crippen LogP contribution in [-0.2, 0) is 4.79 Å². The van der Waals surface area contributed by atoms with Crippen LogP contribution in [0, 0.1) is 0 Å². The number of primary amides is 1. The monoisotopic (exact) mass is 304 g/mol. The Morgan fingerprint density at radius 1 is 1.18 bits per heavy atom. The quantitative estimate of drug-likeness (QED) is 0.820. The molecule has 0 radical (unpaired) electrons. The largest absolute Gasteiger partial charge is 0.480 e. The van der Waals surface area contributed by atoms with Gasteiger partial charge in [0.2, 0.25) is 0 Å². The molecule has 2 rings (SSSR count). The van der Waals surface area contributed by atoms with Gasteiger partial charge in [-0.15, -0.1) is 0 Å². The molecular formula is C17H24N2O3. The van der Waals surface area contributed by atoms with Crippen LogP contribution in [0.25, 0.3) is 0 Å². The van der Waals surface area contributed by atoms with E-state index in [9.17, 15) is 9.59 Å². The lowest BCUT2D eigenvalue weighted by Gasteiger charge is -2.21. The molecule has 2 amide bonds. The number of para-hydroxylation sites is 1. The van der Waals surface area contributed by atoms with E-state index in [2.05, 4.69) is 5.32 Å². The van der Waals surface area contributed by atoms with Gasteiger partial charge in [-0.05, 0) is 31.9 Å². The summed E-state index contributed by atoms with van der Waals surface area (Å²) in [6.07, 6.45) is 6.18. The fourth-order valence-corrected chi connectivity index (χ4v) is 2.76. The van der Waals surface area contributed by atoms with Gasteiger partial charge in [0.05, 0.1) is 5.56 Å². The molecule has 120 valence electrons. The maximum absolute atomic E-state index is 12.3. The van der Waals surface area contributed by atoms with Crippen LogP contribution < -0.4 is 15.8 Å². The van der Waals surface area contributed by atoms with E-state index in [1.54, 1.807) is 31.2 Å². The molecule has 3 N–H and O–H groups in total. The summed E-state index contributed by atoms with van der Waals surface area (Å²) in [4.78, 5) is 23.6. The molecule has 0 aliphatic heterocycles. The van der Waals surface area contributed by atoms with E-state index < -0.39 is 12.0 Å². The lowest BCUT2D eigenvalue weighted by atomic mass is 10.1. The standard InChI is InChI=1S/C17H24N2O3/c1-12(17(21)19-13-8-4-2-3-5-9-13)22-15-11-7-6-10-14(15)16(18)20/h6-7,10-13H,2-5,8-9H2,1H3,(H2,18,20)(H,19,21)/t12-/m0/s1. The molecule has 0 heterocycles. The minimum absolute atomic E-state index is 0.147. The average molecular weight is 304 g/mol. The molecule has 5 heteroatoms. The van der Waals surface area contributed by atoms with Gasteiger partial charge < -0.3 is 15.8 Å². The molecule has 1 fully saturated rings. The molecule has 1 aromatic rings. The molecule has 5 nitrogen and oxygen atoms in total. The van der Waals surface area contributed by atoms with Gasteiger partial charge in [0, 0.05) is 6.04 Å². The molecule has 0 unspecified atom stereocenters. The number of carbonyl (C=O) groups excluding carboxylic acids is 2. The van der Waals surface area contributed by atoms with Crippen molar-refractivity contribution in [3.05, 3.63) is 29.8 Å². The molecule has 0 spiro atoms. The topological polar surface area (TPSA) is 81.4 Å². The summed E-state index contributed by atoms with van der Waals surface area (Å²) in [5.41, 5.74) is 5.60. The van der Waals surface area contributed by atoms with Crippen LogP contribution in [0.3, 0.4) is 0 Å². The van der Waals surface area contributed by atoms with Gasteiger partial charge in [-0.1, -0.05) is 37.8 Å². The van der Waals surface area contributed by atoms with Crippen LogP contribution in [0.2, 0.25) is 0 Å². The highest BCUT2D eigenvalue weighted by atomic mass is 16.5. The number of hydrogen-bond acceptors (Lipinski definition) is 3. The lowest BCUT2D eigenvalue weighted by Crippen LogP contribution is -2.42.